The Bertz CT molecular complexity index is 1280. The molecule has 3 aromatic rings. The lowest BCUT2D eigenvalue weighted by Gasteiger charge is -2.26. The van der Waals surface area contributed by atoms with Crippen LogP contribution in [-0.4, -0.2) is 51.9 Å². The largest absolute Gasteiger partial charge is 0.341 e. The Morgan fingerprint density at radius 3 is 2.56 bits per heavy atom. The minimum atomic E-state index is -0.250. The molecular weight excluding hydrogens is 488 g/mol. The molecule has 1 saturated heterocycles. The van der Waals surface area contributed by atoms with Crippen LogP contribution in [0.1, 0.15) is 66.8 Å². The average Bonchev–Trinajstić information content (AvgIpc) is 3.59. The monoisotopic (exact) mass is 522 g/mol. The molecule has 8 heteroatoms. The molecule has 1 atom stereocenters. The first-order valence-corrected chi connectivity index (χ1v) is 14.6. The fraction of sp³-hybridized carbons (Fsp3) is 0.464. The predicted molar refractivity (Wildman–Crippen MR) is 149 cm³/mol. The molecule has 0 N–H and O–H groups in total. The van der Waals surface area contributed by atoms with E-state index < -0.39 is 0 Å². The zero-order chi connectivity index (χ0) is 25.6. The molecule has 1 aromatic carbocycles. The molecule has 0 spiro atoms. The minimum absolute atomic E-state index is 0.0109. The van der Waals surface area contributed by atoms with E-state index in [1.54, 1.807) is 28.0 Å². The Labute approximate surface area is 221 Å². The van der Waals surface area contributed by atoms with Crippen molar-refractivity contribution in [1.29, 1.82) is 0 Å². The van der Waals surface area contributed by atoms with Crippen LogP contribution in [0.15, 0.2) is 35.0 Å². The summed E-state index contributed by atoms with van der Waals surface area (Å²) >= 11 is 3.30. The Hall–Kier alpha value is -2.58. The van der Waals surface area contributed by atoms with Crippen LogP contribution in [0.3, 0.4) is 0 Å². The maximum atomic E-state index is 13.7. The zero-order valence-corrected chi connectivity index (χ0v) is 23.3. The van der Waals surface area contributed by atoms with Crippen LogP contribution < -0.4 is 4.90 Å². The van der Waals surface area contributed by atoms with Crippen LogP contribution in [0.4, 0.5) is 5.82 Å². The second-order valence-electron chi connectivity index (χ2n) is 10.8. The van der Waals surface area contributed by atoms with Gasteiger partial charge in [0.25, 0.3) is 0 Å². The number of amides is 2. The van der Waals surface area contributed by atoms with Gasteiger partial charge in [0.15, 0.2) is 0 Å². The molecular formula is C28H34N4O2S2. The lowest BCUT2D eigenvalue weighted by atomic mass is 9.87. The van der Waals surface area contributed by atoms with E-state index >= 15 is 0 Å². The molecule has 4 heterocycles. The third-order valence-electron chi connectivity index (χ3n) is 7.20. The number of benzene rings is 1. The van der Waals surface area contributed by atoms with Crippen molar-refractivity contribution in [2.24, 2.45) is 0 Å². The van der Waals surface area contributed by atoms with Crippen LogP contribution in [0.5, 0.6) is 0 Å². The number of hydrogen-bond donors (Lipinski definition) is 0. The standard InChI is InChI=1S/C28H34N4O2S2/c1-18-9-8-10-21(19(18)2)32-27-24(26(29-32)28(3,4)5)25(20-11-14-35-16-20)36-17-23(34)31(27)15-22(33)30-12-6-7-13-30/h8-11,14,16,25H,6-7,12-13,15,17H2,1-5H3/t25-/m1/s1. The van der Waals surface area contributed by atoms with Crippen molar-refractivity contribution >= 4 is 40.7 Å². The van der Waals surface area contributed by atoms with E-state index in [2.05, 4.69) is 63.6 Å². The summed E-state index contributed by atoms with van der Waals surface area (Å²) in [6.07, 6.45) is 2.05. The number of anilines is 1. The van der Waals surface area contributed by atoms with Gasteiger partial charge in [-0.1, -0.05) is 32.9 Å². The zero-order valence-electron chi connectivity index (χ0n) is 21.7. The summed E-state index contributed by atoms with van der Waals surface area (Å²) in [6.45, 7) is 12.3. The number of rotatable bonds is 4. The van der Waals surface area contributed by atoms with Gasteiger partial charge in [0.1, 0.15) is 12.4 Å². The van der Waals surface area contributed by atoms with E-state index in [0.717, 1.165) is 59.8 Å². The van der Waals surface area contributed by atoms with Crippen LogP contribution in [0.25, 0.3) is 5.69 Å². The Morgan fingerprint density at radius 1 is 1.14 bits per heavy atom. The molecule has 0 saturated carbocycles. The maximum Gasteiger partial charge on any atom is 0.242 e. The molecule has 6 nitrogen and oxygen atoms in total. The van der Waals surface area contributed by atoms with Crippen molar-refractivity contribution in [1.82, 2.24) is 14.7 Å². The number of thiophene rings is 1. The molecule has 2 aliphatic rings. The van der Waals surface area contributed by atoms with E-state index in [0.29, 0.717) is 5.75 Å². The highest BCUT2D eigenvalue weighted by Gasteiger charge is 2.40. The topological polar surface area (TPSA) is 58.4 Å². The SMILES string of the molecule is Cc1cccc(-n2nc(C(C)(C)C)c3c2N(CC(=O)N2CCCC2)C(=O)CS[C@@H]3c2ccsc2)c1C. The molecule has 0 radical (unpaired) electrons. The van der Waals surface area contributed by atoms with Gasteiger partial charge in [-0.2, -0.15) is 16.4 Å². The van der Waals surface area contributed by atoms with E-state index in [1.807, 2.05) is 15.6 Å². The fourth-order valence-corrected chi connectivity index (χ4v) is 7.06. The Balaban J connectivity index is 1.77. The first-order chi connectivity index (χ1) is 17.2. The minimum Gasteiger partial charge on any atom is -0.341 e. The number of carbonyl (C=O) groups excluding carboxylic acids is 2. The summed E-state index contributed by atoms with van der Waals surface area (Å²) in [5, 5.41) is 9.43. The molecule has 2 amide bonds. The van der Waals surface area contributed by atoms with E-state index in [9.17, 15) is 9.59 Å². The molecule has 190 valence electrons. The van der Waals surface area contributed by atoms with Crippen molar-refractivity contribution in [3.05, 3.63) is 63.0 Å². The molecule has 0 unspecified atom stereocenters. The number of nitrogens with zero attached hydrogens (tertiary/aromatic N) is 4. The highest BCUT2D eigenvalue weighted by molar-refractivity contribution is 8.00. The van der Waals surface area contributed by atoms with Crippen molar-refractivity contribution in [2.45, 2.75) is 58.1 Å². The van der Waals surface area contributed by atoms with Crippen molar-refractivity contribution in [3.63, 3.8) is 0 Å². The van der Waals surface area contributed by atoms with Crippen molar-refractivity contribution < 1.29 is 9.59 Å². The Morgan fingerprint density at radius 2 is 1.89 bits per heavy atom. The van der Waals surface area contributed by atoms with E-state index in [4.69, 9.17) is 5.10 Å². The fourth-order valence-electron chi connectivity index (χ4n) is 5.10. The quantitative estimate of drug-likeness (QED) is 0.445. The van der Waals surface area contributed by atoms with Crippen molar-refractivity contribution in [2.75, 3.05) is 30.3 Å². The molecule has 2 aliphatic heterocycles. The van der Waals surface area contributed by atoms with Gasteiger partial charge in [-0.25, -0.2) is 4.68 Å². The second kappa shape index (κ2) is 9.71. The van der Waals surface area contributed by atoms with Gasteiger partial charge in [0, 0.05) is 24.1 Å². The van der Waals surface area contributed by atoms with Gasteiger partial charge < -0.3 is 4.90 Å². The molecule has 0 aliphatic carbocycles. The number of hydrogen-bond acceptors (Lipinski definition) is 5. The first-order valence-electron chi connectivity index (χ1n) is 12.6. The summed E-state index contributed by atoms with van der Waals surface area (Å²) in [5.74, 6) is 1.03. The summed E-state index contributed by atoms with van der Waals surface area (Å²) in [4.78, 5) is 30.7. The molecule has 5 rings (SSSR count). The van der Waals surface area contributed by atoms with E-state index in [1.165, 1.54) is 5.56 Å². The molecule has 36 heavy (non-hydrogen) atoms. The van der Waals surface area contributed by atoms with Crippen LogP contribution in [-0.2, 0) is 15.0 Å². The highest BCUT2D eigenvalue weighted by Crippen LogP contribution is 2.49. The van der Waals surface area contributed by atoms with Gasteiger partial charge in [0.2, 0.25) is 11.8 Å². The third-order valence-corrected chi connectivity index (χ3v) is 9.16. The number of carbonyl (C=O) groups is 2. The van der Waals surface area contributed by atoms with Gasteiger partial charge in [-0.05, 0) is 66.3 Å². The van der Waals surface area contributed by atoms with Gasteiger partial charge in [0.05, 0.1) is 22.4 Å². The van der Waals surface area contributed by atoms with Gasteiger partial charge in [-0.3, -0.25) is 14.5 Å². The van der Waals surface area contributed by atoms with Gasteiger partial charge in [-0.15, -0.1) is 11.8 Å². The average molecular weight is 523 g/mol. The highest BCUT2D eigenvalue weighted by atomic mass is 32.2. The van der Waals surface area contributed by atoms with Crippen LogP contribution >= 0.6 is 23.1 Å². The number of fused-ring (bicyclic) bond motifs is 1. The number of likely N-dealkylation sites (tertiary alicyclic amines) is 1. The number of aryl methyl sites for hydroxylation is 1. The Kier molecular flexibility index (Phi) is 6.76. The first kappa shape index (κ1) is 25.1. The summed E-state index contributed by atoms with van der Waals surface area (Å²) < 4.78 is 1.94. The van der Waals surface area contributed by atoms with Crippen LogP contribution in [0.2, 0.25) is 0 Å². The summed E-state index contributed by atoms with van der Waals surface area (Å²) in [7, 11) is 0. The summed E-state index contributed by atoms with van der Waals surface area (Å²) in [5.41, 5.74) is 6.17. The number of aromatic nitrogens is 2. The third kappa shape index (κ3) is 4.50. The number of thioether (sulfide) groups is 1. The maximum absolute atomic E-state index is 13.7. The molecule has 2 aromatic heterocycles. The smallest absolute Gasteiger partial charge is 0.242 e. The lowest BCUT2D eigenvalue weighted by molar-refractivity contribution is -0.130. The van der Waals surface area contributed by atoms with E-state index in [-0.39, 0.29) is 29.0 Å². The van der Waals surface area contributed by atoms with Crippen molar-refractivity contribution in [3.8, 4) is 5.69 Å². The normalized spacial score (nSPS) is 18.5. The lowest BCUT2D eigenvalue weighted by Crippen LogP contribution is -2.43. The molecule has 1 fully saturated rings. The predicted octanol–water partition coefficient (Wildman–Crippen LogP) is 5.64. The van der Waals surface area contributed by atoms with Crippen LogP contribution in [0, 0.1) is 13.8 Å². The van der Waals surface area contributed by atoms with Gasteiger partial charge >= 0.3 is 0 Å². The second-order valence-corrected chi connectivity index (χ2v) is 12.7. The molecule has 0 bridgehead atoms. The summed E-state index contributed by atoms with van der Waals surface area (Å²) in [6, 6.07) is 8.33.